The molecule has 1 saturated heterocycles. The van der Waals surface area contributed by atoms with Gasteiger partial charge in [0.05, 0.1) is 11.7 Å². The summed E-state index contributed by atoms with van der Waals surface area (Å²) in [6.45, 7) is 5.55. The normalized spacial score (nSPS) is 16.7. The number of benzene rings is 1. The Balaban J connectivity index is 1.64. The first-order valence-electron chi connectivity index (χ1n) is 9.20. The molecular formula is C21H26N2O2S. The number of aliphatic hydroxyl groups is 1. The van der Waals surface area contributed by atoms with Gasteiger partial charge in [-0.3, -0.25) is 4.79 Å². The van der Waals surface area contributed by atoms with Crippen LogP contribution in [0.1, 0.15) is 48.7 Å². The SMILES string of the molecule is CC(C)Sc1ncccc1C(=O)N1CCC([C@H](O)c2ccccc2)CC1. The van der Waals surface area contributed by atoms with Crippen LogP contribution >= 0.6 is 11.8 Å². The van der Waals surface area contributed by atoms with Crippen molar-refractivity contribution in [2.45, 2.75) is 43.1 Å². The van der Waals surface area contributed by atoms with Crippen molar-refractivity contribution in [3.05, 3.63) is 59.8 Å². The molecule has 1 aliphatic rings. The van der Waals surface area contributed by atoms with Crippen molar-refractivity contribution in [2.75, 3.05) is 13.1 Å². The number of nitrogens with zero attached hydrogens (tertiary/aromatic N) is 2. The number of hydrogen-bond donors (Lipinski definition) is 1. The minimum absolute atomic E-state index is 0.0499. The molecule has 3 rings (SSSR count). The maximum Gasteiger partial charge on any atom is 0.256 e. The van der Waals surface area contributed by atoms with Crippen LogP contribution in [0, 0.1) is 5.92 Å². The summed E-state index contributed by atoms with van der Waals surface area (Å²) in [6.07, 6.45) is 2.91. The van der Waals surface area contributed by atoms with Crippen molar-refractivity contribution >= 4 is 17.7 Å². The van der Waals surface area contributed by atoms with Crippen LogP contribution in [-0.4, -0.2) is 39.2 Å². The number of aromatic nitrogens is 1. The molecule has 2 aromatic rings. The standard InChI is InChI=1S/C21H26N2O2S/c1-15(2)26-20-18(9-6-12-22-20)21(25)23-13-10-17(11-14-23)19(24)16-7-4-3-5-8-16/h3-9,12,15,17,19,24H,10-11,13-14H2,1-2H3/t19-/m1/s1. The minimum atomic E-state index is -0.459. The fraction of sp³-hybridized carbons (Fsp3) is 0.429. The fourth-order valence-electron chi connectivity index (χ4n) is 3.38. The van der Waals surface area contributed by atoms with Gasteiger partial charge in [-0.15, -0.1) is 11.8 Å². The van der Waals surface area contributed by atoms with Gasteiger partial charge in [-0.25, -0.2) is 4.98 Å². The van der Waals surface area contributed by atoms with Gasteiger partial charge in [-0.05, 0) is 36.5 Å². The maximum absolute atomic E-state index is 13.0. The van der Waals surface area contributed by atoms with E-state index in [2.05, 4.69) is 18.8 Å². The average molecular weight is 371 g/mol. The van der Waals surface area contributed by atoms with Crippen LogP contribution in [0.5, 0.6) is 0 Å². The van der Waals surface area contributed by atoms with Crippen LogP contribution in [0.25, 0.3) is 0 Å². The minimum Gasteiger partial charge on any atom is -0.388 e. The highest BCUT2D eigenvalue weighted by molar-refractivity contribution is 7.99. The highest BCUT2D eigenvalue weighted by Crippen LogP contribution is 2.32. The molecule has 0 aliphatic carbocycles. The molecule has 0 spiro atoms. The number of rotatable bonds is 5. The molecule has 2 heterocycles. The van der Waals surface area contributed by atoms with Crippen LogP contribution in [0.2, 0.25) is 0 Å². The number of pyridine rings is 1. The van der Waals surface area contributed by atoms with E-state index in [0.717, 1.165) is 23.4 Å². The number of carbonyl (C=O) groups is 1. The number of thioether (sulfide) groups is 1. The zero-order valence-corrected chi connectivity index (χ0v) is 16.2. The molecule has 1 fully saturated rings. The van der Waals surface area contributed by atoms with Gasteiger partial charge in [-0.2, -0.15) is 0 Å². The van der Waals surface area contributed by atoms with Crippen molar-refractivity contribution in [3.8, 4) is 0 Å². The number of carbonyl (C=O) groups excluding carboxylic acids is 1. The lowest BCUT2D eigenvalue weighted by molar-refractivity contribution is 0.0459. The van der Waals surface area contributed by atoms with Crippen LogP contribution in [0.4, 0.5) is 0 Å². The summed E-state index contributed by atoms with van der Waals surface area (Å²) < 4.78 is 0. The fourth-order valence-corrected chi connectivity index (χ4v) is 4.23. The number of aliphatic hydroxyl groups excluding tert-OH is 1. The van der Waals surface area contributed by atoms with Crippen LogP contribution in [0.3, 0.4) is 0 Å². The summed E-state index contributed by atoms with van der Waals surface area (Å²) in [5.41, 5.74) is 1.65. The second kappa shape index (κ2) is 8.69. The summed E-state index contributed by atoms with van der Waals surface area (Å²) in [5, 5.41) is 11.8. The third-order valence-corrected chi connectivity index (χ3v) is 5.78. The van der Waals surface area contributed by atoms with E-state index in [4.69, 9.17) is 0 Å². The molecule has 4 nitrogen and oxygen atoms in total. The molecule has 0 bridgehead atoms. The Labute approximate surface area is 159 Å². The van der Waals surface area contributed by atoms with E-state index >= 15 is 0 Å². The Kier molecular flexibility index (Phi) is 6.33. The Morgan fingerprint density at radius 2 is 1.85 bits per heavy atom. The third-order valence-electron chi connectivity index (χ3n) is 4.76. The second-order valence-electron chi connectivity index (χ2n) is 7.01. The molecule has 1 aromatic carbocycles. The van der Waals surface area contributed by atoms with Gasteiger partial charge in [0, 0.05) is 24.5 Å². The van der Waals surface area contributed by atoms with Crippen LogP contribution in [0.15, 0.2) is 53.7 Å². The first-order valence-corrected chi connectivity index (χ1v) is 10.1. The highest BCUT2D eigenvalue weighted by atomic mass is 32.2. The lowest BCUT2D eigenvalue weighted by Gasteiger charge is -2.34. The van der Waals surface area contributed by atoms with Crippen molar-refractivity contribution in [3.63, 3.8) is 0 Å². The van der Waals surface area contributed by atoms with E-state index < -0.39 is 6.10 Å². The van der Waals surface area contributed by atoms with Crippen molar-refractivity contribution < 1.29 is 9.90 Å². The van der Waals surface area contributed by atoms with Crippen molar-refractivity contribution in [2.24, 2.45) is 5.92 Å². The largest absolute Gasteiger partial charge is 0.388 e. The lowest BCUT2D eigenvalue weighted by Crippen LogP contribution is -2.40. The van der Waals surface area contributed by atoms with Gasteiger partial charge in [0.2, 0.25) is 0 Å². The lowest BCUT2D eigenvalue weighted by atomic mass is 9.87. The van der Waals surface area contributed by atoms with Gasteiger partial charge in [0.25, 0.3) is 5.91 Å². The molecule has 138 valence electrons. The maximum atomic E-state index is 13.0. The predicted molar refractivity (Wildman–Crippen MR) is 105 cm³/mol. The monoisotopic (exact) mass is 370 g/mol. The summed E-state index contributed by atoms with van der Waals surface area (Å²) in [7, 11) is 0. The predicted octanol–water partition coefficient (Wildman–Crippen LogP) is 4.17. The summed E-state index contributed by atoms with van der Waals surface area (Å²) >= 11 is 1.62. The first-order chi connectivity index (χ1) is 12.6. The van der Waals surface area contributed by atoms with Gasteiger partial charge in [0.1, 0.15) is 5.03 Å². The Hall–Kier alpha value is -1.85. The van der Waals surface area contributed by atoms with E-state index in [9.17, 15) is 9.90 Å². The molecule has 1 aromatic heterocycles. The zero-order valence-electron chi connectivity index (χ0n) is 15.3. The van der Waals surface area contributed by atoms with E-state index in [1.165, 1.54) is 0 Å². The van der Waals surface area contributed by atoms with E-state index in [-0.39, 0.29) is 11.8 Å². The summed E-state index contributed by atoms with van der Waals surface area (Å²) in [4.78, 5) is 19.3. The molecule has 0 radical (unpaired) electrons. The molecular weight excluding hydrogens is 344 g/mol. The first kappa shape index (κ1) is 18.9. The summed E-state index contributed by atoms with van der Waals surface area (Å²) in [6, 6.07) is 13.5. The Morgan fingerprint density at radius 3 is 2.50 bits per heavy atom. The smallest absolute Gasteiger partial charge is 0.256 e. The van der Waals surface area contributed by atoms with Gasteiger partial charge in [0.15, 0.2) is 0 Å². The van der Waals surface area contributed by atoms with Gasteiger partial charge >= 0.3 is 0 Å². The zero-order chi connectivity index (χ0) is 18.5. The summed E-state index contributed by atoms with van der Waals surface area (Å²) in [5.74, 6) is 0.244. The molecule has 26 heavy (non-hydrogen) atoms. The van der Waals surface area contributed by atoms with Crippen LogP contribution in [-0.2, 0) is 0 Å². The molecule has 1 aliphatic heterocycles. The van der Waals surface area contributed by atoms with E-state index in [1.807, 2.05) is 47.4 Å². The van der Waals surface area contributed by atoms with E-state index in [0.29, 0.717) is 23.9 Å². The molecule has 5 heteroatoms. The Bertz CT molecular complexity index is 728. The Morgan fingerprint density at radius 1 is 1.15 bits per heavy atom. The number of likely N-dealkylation sites (tertiary alicyclic amines) is 1. The second-order valence-corrected chi connectivity index (χ2v) is 8.57. The van der Waals surface area contributed by atoms with Crippen LogP contribution < -0.4 is 0 Å². The molecule has 1 N–H and O–H groups in total. The quantitative estimate of drug-likeness (QED) is 0.803. The molecule has 1 amide bonds. The topological polar surface area (TPSA) is 53.4 Å². The molecule has 0 unspecified atom stereocenters. The highest BCUT2D eigenvalue weighted by Gasteiger charge is 2.29. The van der Waals surface area contributed by atoms with Crippen molar-refractivity contribution in [1.29, 1.82) is 0 Å². The van der Waals surface area contributed by atoms with E-state index in [1.54, 1.807) is 18.0 Å². The third kappa shape index (κ3) is 4.46. The van der Waals surface area contributed by atoms with Crippen molar-refractivity contribution in [1.82, 2.24) is 9.88 Å². The van der Waals surface area contributed by atoms with Gasteiger partial charge < -0.3 is 10.0 Å². The molecule has 0 saturated carbocycles. The number of piperidine rings is 1. The van der Waals surface area contributed by atoms with Gasteiger partial charge in [-0.1, -0.05) is 44.2 Å². The average Bonchev–Trinajstić information content (AvgIpc) is 2.68. The molecule has 1 atom stereocenters. The number of hydrogen-bond acceptors (Lipinski definition) is 4. The number of amides is 1.